The summed E-state index contributed by atoms with van der Waals surface area (Å²) >= 11 is 0. The van der Waals surface area contributed by atoms with Gasteiger partial charge in [0.1, 0.15) is 0 Å². The zero-order valence-electron chi connectivity index (χ0n) is 9.34. The molecule has 2 nitrogen and oxygen atoms in total. The fraction of sp³-hybridized carbons (Fsp3) is 0.667. The summed E-state index contributed by atoms with van der Waals surface area (Å²) in [6, 6.07) is 0. The maximum Gasteiger partial charge on any atom is 0.0659 e. The number of aliphatic hydroxyl groups excluding tert-OH is 1. The molecule has 0 saturated carbocycles. The van der Waals surface area contributed by atoms with Crippen LogP contribution in [0.25, 0.3) is 0 Å². The highest BCUT2D eigenvalue weighted by Crippen LogP contribution is 2.41. The monoisotopic (exact) mass is 196 g/mol. The maximum absolute atomic E-state index is 10.0. The van der Waals surface area contributed by atoms with Crippen molar-refractivity contribution in [2.75, 3.05) is 13.7 Å². The van der Waals surface area contributed by atoms with E-state index >= 15 is 0 Å². The van der Waals surface area contributed by atoms with Gasteiger partial charge in [-0.1, -0.05) is 25.2 Å². The van der Waals surface area contributed by atoms with Crippen molar-refractivity contribution in [2.45, 2.75) is 32.8 Å². The van der Waals surface area contributed by atoms with Crippen LogP contribution in [0.2, 0.25) is 0 Å². The molecule has 0 radical (unpaired) electrons. The number of aliphatic hydroxyl groups is 1. The van der Waals surface area contributed by atoms with Crippen molar-refractivity contribution < 1.29 is 9.84 Å². The molecule has 1 rings (SSSR count). The topological polar surface area (TPSA) is 29.5 Å². The lowest BCUT2D eigenvalue weighted by Crippen LogP contribution is -2.40. The molecule has 0 amide bonds. The first-order valence-electron chi connectivity index (χ1n) is 5.06. The van der Waals surface area contributed by atoms with Crippen LogP contribution in [0.4, 0.5) is 0 Å². The molecule has 2 heteroatoms. The summed E-state index contributed by atoms with van der Waals surface area (Å²) in [5, 5.41) is 10.0. The van der Waals surface area contributed by atoms with E-state index in [2.05, 4.69) is 13.5 Å². The maximum atomic E-state index is 10.0. The Bertz CT molecular complexity index is 255. The fourth-order valence-electron chi connectivity index (χ4n) is 2.35. The molecule has 0 saturated heterocycles. The molecule has 0 bridgehead atoms. The van der Waals surface area contributed by atoms with Crippen molar-refractivity contribution >= 4 is 0 Å². The predicted molar refractivity (Wildman–Crippen MR) is 58.1 cm³/mol. The Morgan fingerprint density at radius 1 is 1.71 bits per heavy atom. The van der Waals surface area contributed by atoms with Crippen LogP contribution in [0.5, 0.6) is 0 Å². The van der Waals surface area contributed by atoms with Crippen LogP contribution in [0.3, 0.4) is 0 Å². The quantitative estimate of drug-likeness (QED) is 0.750. The Morgan fingerprint density at radius 2 is 2.36 bits per heavy atom. The van der Waals surface area contributed by atoms with Crippen LogP contribution in [-0.2, 0) is 4.74 Å². The largest absolute Gasteiger partial charge is 0.392 e. The fourth-order valence-corrected chi connectivity index (χ4v) is 2.35. The second kappa shape index (κ2) is 4.28. The van der Waals surface area contributed by atoms with E-state index in [9.17, 15) is 5.11 Å². The molecule has 0 aromatic carbocycles. The normalized spacial score (nSPS) is 33.3. The Kier molecular flexibility index (Phi) is 3.51. The highest BCUT2D eigenvalue weighted by Gasteiger charge is 2.39. The molecule has 1 N–H and O–H groups in total. The van der Waals surface area contributed by atoms with E-state index in [1.54, 1.807) is 7.11 Å². The Labute approximate surface area is 86.3 Å². The molecule has 1 aliphatic carbocycles. The lowest BCUT2D eigenvalue weighted by molar-refractivity contribution is -0.00508. The van der Waals surface area contributed by atoms with E-state index in [0.29, 0.717) is 6.61 Å². The summed E-state index contributed by atoms with van der Waals surface area (Å²) in [6.07, 6.45) is 3.32. The Balaban J connectivity index is 3.07. The summed E-state index contributed by atoms with van der Waals surface area (Å²) < 4.78 is 5.19. The molecule has 0 fully saturated rings. The zero-order valence-corrected chi connectivity index (χ0v) is 9.34. The van der Waals surface area contributed by atoms with Crippen molar-refractivity contribution in [3.8, 4) is 0 Å². The summed E-state index contributed by atoms with van der Waals surface area (Å²) in [7, 11) is 1.67. The van der Waals surface area contributed by atoms with E-state index in [-0.39, 0.29) is 11.5 Å². The minimum atomic E-state index is -0.320. The van der Waals surface area contributed by atoms with Crippen molar-refractivity contribution in [1.82, 2.24) is 0 Å². The second-order valence-electron chi connectivity index (χ2n) is 4.30. The Morgan fingerprint density at radius 3 is 2.86 bits per heavy atom. The van der Waals surface area contributed by atoms with E-state index in [1.807, 2.05) is 13.0 Å². The van der Waals surface area contributed by atoms with Crippen molar-refractivity contribution in [3.05, 3.63) is 23.8 Å². The summed E-state index contributed by atoms with van der Waals surface area (Å²) in [6.45, 7) is 8.52. The van der Waals surface area contributed by atoms with Crippen LogP contribution in [0.15, 0.2) is 23.8 Å². The van der Waals surface area contributed by atoms with E-state index in [0.717, 1.165) is 18.4 Å². The van der Waals surface area contributed by atoms with Gasteiger partial charge in [-0.2, -0.15) is 0 Å². The molecule has 14 heavy (non-hydrogen) atoms. The van der Waals surface area contributed by atoms with Crippen molar-refractivity contribution in [1.29, 1.82) is 0 Å². The van der Waals surface area contributed by atoms with Gasteiger partial charge in [0.25, 0.3) is 0 Å². The summed E-state index contributed by atoms with van der Waals surface area (Å²) in [5.41, 5.74) is 2.20. The highest BCUT2D eigenvalue weighted by atomic mass is 16.5. The van der Waals surface area contributed by atoms with Crippen LogP contribution in [-0.4, -0.2) is 24.9 Å². The third-order valence-electron chi connectivity index (χ3n) is 3.25. The number of hydrogen-bond donors (Lipinski definition) is 1. The molecule has 80 valence electrons. The average Bonchev–Trinajstić information content (AvgIpc) is 2.13. The number of hydrogen-bond acceptors (Lipinski definition) is 2. The van der Waals surface area contributed by atoms with Gasteiger partial charge in [0.2, 0.25) is 0 Å². The third-order valence-corrected chi connectivity index (χ3v) is 3.25. The summed E-state index contributed by atoms with van der Waals surface area (Å²) in [5.74, 6) is 0. The lowest BCUT2D eigenvalue weighted by Gasteiger charge is -2.40. The molecular formula is C12H20O2. The third kappa shape index (κ3) is 1.77. The first kappa shape index (κ1) is 11.5. The lowest BCUT2D eigenvalue weighted by atomic mass is 9.70. The van der Waals surface area contributed by atoms with E-state index in [4.69, 9.17) is 4.74 Å². The molecule has 0 aromatic rings. The van der Waals surface area contributed by atoms with Gasteiger partial charge in [0.05, 0.1) is 12.7 Å². The van der Waals surface area contributed by atoms with Gasteiger partial charge in [-0.25, -0.2) is 0 Å². The molecule has 0 spiro atoms. The minimum Gasteiger partial charge on any atom is -0.392 e. The van der Waals surface area contributed by atoms with E-state index in [1.165, 1.54) is 5.57 Å². The van der Waals surface area contributed by atoms with Gasteiger partial charge in [-0.3, -0.25) is 0 Å². The molecular weight excluding hydrogens is 176 g/mol. The van der Waals surface area contributed by atoms with Gasteiger partial charge in [0.15, 0.2) is 0 Å². The average molecular weight is 196 g/mol. The number of methoxy groups -OCH3 is 1. The van der Waals surface area contributed by atoms with E-state index < -0.39 is 0 Å². The smallest absolute Gasteiger partial charge is 0.0659 e. The molecule has 0 unspecified atom stereocenters. The number of allylic oxidation sites excluding steroid dienone is 2. The van der Waals surface area contributed by atoms with Crippen LogP contribution >= 0.6 is 0 Å². The van der Waals surface area contributed by atoms with Crippen molar-refractivity contribution in [3.63, 3.8) is 0 Å². The second-order valence-corrected chi connectivity index (χ2v) is 4.30. The summed E-state index contributed by atoms with van der Waals surface area (Å²) in [4.78, 5) is 0. The van der Waals surface area contributed by atoms with Crippen LogP contribution < -0.4 is 0 Å². The van der Waals surface area contributed by atoms with Gasteiger partial charge in [0, 0.05) is 12.5 Å². The van der Waals surface area contributed by atoms with Crippen LogP contribution in [0, 0.1) is 5.41 Å². The minimum absolute atomic E-state index is 0.279. The van der Waals surface area contributed by atoms with Gasteiger partial charge >= 0.3 is 0 Å². The predicted octanol–water partition coefficient (Wildman–Crippen LogP) is 2.30. The van der Waals surface area contributed by atoms with Gasteiger partial charge in [-0.05, 0) is 25.3 Å². The standard InChI is InChI=1S/C12H20O2/c1-5-10-9(2)6-7-11(13)12(10,3)8-14-4/h5,11,13H,1,6-8H2,2-4H3/t11-,12+/m0/s1. The molecule has 0 aliphatic heterocycles. The molecule has 2 atom stereocenters. The van der Waals surface area contributed by atoms with Gasteiger partial charge in [-0.15, -0.1) is 0 Å². The van der Waals surface area contributed by atoms with Crippen molar-refractivity contribution in [2.24, 2.45) is 5.41 Å². The molecule has 0 aromatic heterocycles. The van der Waals surface area contributed by atoms with Gasteiger partial charge < -0.3 is 9.84 Å². The zero-order chi connectivity index (χ0) is 10.8. The SMILES string of the molecule is C=CC1=C(C)CC[C@H](O)[C@]1(C)COC. The Hall–Kier alpha value is -0.600. The highest BCUT2D eigenvalue weighted by molar-refractivity contribution is 5.33. The molecule has 0 heterocycles. The first-order chi connectivity index (χ1) is 6.56. The van der Waals surface area contributed by atoms with Crippen LogP contribution in [0.1, 0.15) is 26.7 Å². The number of rotatable bonds is 3. The number of ether oxygens (including phenoxy) is 1. The molecule has 1 aliphatic rings. The first-order valence-corrected chi connectivity index (χ1v) is 5.06.